The van der Waals surface area contributed by atoms with Crippen molar-refractivity contribution >= 4 is 23.2 Å². The van der Waals surface area contributed by atoms with Crippen LogP contribution in [0.15, 0.2) is 53.5 Å². The molecule has 0 aromatic heterocycles. The highest BCUT2D eigenvalue weighted by atomic mass is 16.5. The van der Waals surface area contributed by atoms with Crippen LogP contribution in [-0.2, 0) is 4.74 Å². The molecule has 0 radical (unpaired) electrons. The highest BCUT2D eigenvalue weighted by molar-refractivity contribution is 6.10. The predicted molar refractivity (Wildman–Crippen MR) is 114 cm³/mol. The van der Waals surface area contributed by atoms with Gasteiger partial charge >= 0.3 is 0 Å². The third-order valence-corrected chi connectivity index (χ3v) is 4.61. The number of ether oxygens (including phenoxy) is 1. The number of aryl methyl sites for hydroxylation is 1. The SMILES string of the molecule is Cc1cccc(NC(=NC[C@@H]2CCCO2)NC(=O)c2cccc(N(C)C)c2)c1. The molecule has 1 aliphatic heterocycles. The largest absolute Gasteiger partial charge is 0.378 e. The number of nitrogens with zero attached hydrogens (tertiary/aromatic N) is 2. The van der Waals surface area contributed by atoms with E-state index >= 15 is 0 Å². The highest BCUT2D eigenvalue weighted by Gasteiger charge is 2.16. The topological polar surface area (TPSA) is 66.0 Å². The van der Waals surface area contributed by atoms with Gasteiger partial charge in [-0.15, -0.1) is 0 Å². The van der Waals surface area contributed by atoms with Gasteiger partial charge in [0.05, 0.1) is 12.6 Å². The fraction of sp³-hybridized carbons (Fsp3) is 0.364. The summed E-state index contributed by atoms with van der Waals surface area (Å²) in [6.45, 7) is 3.33. The minimum absolute atomic E-state index is 0.114. The summed E-state index contributed by atoms with van der Waals surface area (Å²) in [7, 11) is 3.90. The van der Waals surface area contributed by atoms with Crippen LogP contribution in [0.1, 0.15) is 28.8 Å². The van der Waals surface area contributed by atoms with Gasteiger partial charge in [-0.2, -0.15) is 0 Å². The Balaban J connectivity index is 1.76. The number of aliphatic imine (C=N–C) groups is 1. The highest BCUT2D eigenvalue weighted by Crippen LogP contribution is 2.15. The summed E-state index contributed by atoms with van der Waals surface area (Å²) >= 11 is 0. The molecule has 148 valence electrons. The molecule has 0 aliphatic carbocycles. The van der Waals surface area contributed by atoms with Crippen LogP contribution in [0.4, 0.5) is 11.4 Å². The average Bonchev–Trinajstić information content (AvgIpc) is 3.20. The fourth-order valence-electron chi connectivity index (χ4n) is 3.06. The van der Waals surface area contributed by atoms with Crippen LogP contribution in [0.25, 0.3) is 0 Å². The second kappa shape index (κ2) is 9.37. The van der Waals surface area contributed by atoms with E-state index in [1.165, 1.54) is 0 Å². The summed E-state index contributed by atoms with van der Waals surface area (Å²) in [5.74, 6) is 0.233. The van der Waals surface area contributed by atoms with E-state index in [9.17, 15) is 4.79 Å². The number of hydrogen-bond acceptors (Lipinski definition) is 4. The Morgan fingerprint density at radius 1 is 1.21 bits per heavy atom. The fourth-order valence-corrected chi connectivity index (χ4v) is 3.06. The van der Waals surface area contributed by atoms with Crippen molar-refractivity contribution < 1.29 is 9.53 Å². The predicted octanol–water partition coefficient (Wildman–Crippen LogP) is 3.44. The second-order valence-corrected chi connectivity index (χ2v) is 7.22. The summed E-state index contributed by atoms with van der Waals surface area (Å²) in [5, 5.41) is 6.15. The van der Waals surface area contributed by atoms with Crippen molar-refractivity contribution in [2.75, 3.05) is 37.5 Å². The average molecular weight is 380 g/mol. The molecule has 1 amide bonds. The van der Waals surface area contributed by atoms with Gasteiger partial charge in [0.2, 0.25) is 5.96 Å². The zero-order valence-corrected chi connectivity index (χ0v) is 16.7. The van der Waals surface area contributed by atoms with E-state index < -0.39 is 0 Å². The minimum atomic E-state index is -0.199. The van der Waals surface area contributed by atoms with Gasteiger partial charge in [0.25, 0.3) is 5.91 Å². The summed E-state index contributed by atoms with van der Waals surface area (Å²) < 4.78 is 5.65. The van der Waals surface area contributed by atoms with Crippen LogP contribution >= 0.6 is 0 Å². The Kier molecular flexibility index (Phi) is 6.66. The lowest BCUT2D eigenvalue weighted by Crippen LogP contribution is -2.36. The molecule has 0 spiro atoms. The normalized spacial score (nSPS) is 16.7. The van der Waals surface area contributed by atoms with Gasteiger partial charge < -0.3 is 15.0 Å². The Bertz CT molecular complexity index is 842. The van der Waals surface area contributed by atoms with Crippen LogP contribution in [0.3, 0.4) is 0 Å². The molecule has 6 nitrogen and oxygen atoms in total. The molecule has 2 aromatic carbocycles. The van der Waals surface area contributed by atoms with Crippen molar-refractivity contribution in [3.05, 3.63) is 59.7 Å². The molecule has 28 heavy (non-hydrogen) atoms. The minimum Gasteiger partial charge on any atom is -0.378 e. The number of benzene rings is 2. The first-order valence-corrected chi connectivity index (χ1v) is 9.60. The molecule has 3 rings (SSSR count). The van der Waals surface area contributed by atoms with Crippen molar-refractivity contribution in [1.82, 2.24) is 5.32 Å². The first-order chi connectivity index (χ1) is 13.5. The van der Waals surface area contributed by atoms with Crippen molar-refractivity contribution in [2.45, 2.75) is 25.9 Å². The molecule has 0 bridgehead atoms. The van der Waals surface area contributed by atoms with E-state index in [2.05, 4.69) is 15.6 Å². The maximum atomic E-state index is 12.8. The second-order valence-electron chi connectivity index (χ2n) is 7.22. The van der Waals surface area contributed by atoms with Crippen LogP contribution in [-0.4, -0.2) is 45.2 Å². The molecule has 1 saturated heterocycles. The van der Waals surface area contributed by atoms with E-state index in [0.29, 0.717) is 18.1 Å². The smallest absolute Gasteiger partial charge is 0.258 e. The van der Waals surface area contributed by atoms with E-state index in [4.69, 9.17) is 4.74 Å². The third kappa shape index (κ3) is 5.57. The van der Waals surface area contributed by atoms with Crippen LogP contribution in [0.2, 0.25) is 0 Å². The standard InChI is InChI=1S/C22H28N4O2/c1-16-7-4-9-18(13-16)24-22(23-15-20-11-6-12-28-20)25-21(27)17-8-5-10-19(14-17)26(2)3/h4-5,7-10,13-14,20H,6,11-12,15H2,1-3H3,(H2,23,24,25,27)/t20-/m0/s1. The molecule has 0 saturated carbocycles. The number of carbonyl (C=O) groups excluding carboxylic acids is 1. The number of guanidine groups is 1. The summed E-state index contributed by atoms with van der Waals surface area (Å²) in [4.78, 5) is 19.4. The maximum Gasteiger partial charge on any atom is 0.258 e. The van der Waals surface area contributed by atoms with Gasteiger partial charge in [0.1, 0.15) is 0 Å². The molecular formula is C22H28N4O2. The van der Waals surface area contributed by atoms with Gasteiger partial charge in [-0.25, -0.2) is 4.99 Å². The zero-order valence-electron chi connectivity index (χ0n) is 16.7. The molecule has 0 unspecified atom stereocenters. The first-order valence-electron chi connectivity index (χ1n) is 9.60. The summed E-state index contributed by atoms with van der Waals surface area (Å²) in [6.07, 6.45) is 2.17. The lowest BCUT2D eigenvalue weighted by atomic mass is 10.2. The molecule has 2 aromatic rings. The monoisotopic (exact) mass is 380 g/mol. The van der Waals surface area contributed by atoms with Crippen LogP contribution < -0.4 is 15.5 Å². The first kappa shape index (κ1) is 19.9. The summed E-state index contributed by atoms with van der Waals surface area (Å²) in [6, 6.07) is 15.5. The van der Waals surface area contributed by atoms with E-state index in [0.717, 1.165) is 36.4 Å². The molecule has 6 heteroatoms. The zero-order chi connectivity index (χ0) is 19.9. The van der Waals surface area contributed by atoms with Crippen molar-refractivity contribution in [3.63, 3.8) is 0 Å². The van der Waals surface area contributed by atoms with Crippen LogP contribution in [0, 0.1) is 6.92 Å². The molecule has 1 heterocycles. The lowest BCUT2D eigenvalue weighted by molar-refractivity contribution is 0.0975. The Morgan fingerprint density at radius 2 is 2.04 bits per heavy atom. The van der Waals surface area contributed by atoms with Crippen LogP contribution in [0.5, 0.6) is 0 Å². The molecule has 2 N–H and O–H groups in total. The molecule has 1 aliphatic rings. The molecular weight excluding hydrogens is 352 g/mol. The Labute approximate surface area is 166 Å². The van der Waals surface area contributed by atoms with E-state index in [-0.39, 0.29) is 12.0 Å². The van der Waals surface area contributed by atoms with Gasteiger partial charge in [-0.3, -0.25) is 10.1 Å². The van der Waals surface area contributed by atoms with Gasteiger partial charge in [0, 0.05) is 37.6 Å². The lowest BCUT2D eigenvalue weighted by Gasteiger charge is -2.15. The number of rotatable bonds is 5. The number of amides is 1. The van der Waals surface area contributed by atoms with Crippen molar-refractivity contribution in [2.24, 2.45) is 4.99 Å². The van der Waals surface area contributed by atoms with Crippen molar-refractivity contribution in [3.8, 4) is 0 Å². The maximum absolute atomic E-state index is 12.8. The van der Waals surface area contributed by atoms with E-state index in [1.807, 2.05) is 68.4 Å². The number of hydrogen-bond donors (Lipinski definition) is 2. The number of carbonyl (C=O) groups is 1. The quantitative estimate of drug-likeness (QED) is 0.616. The molecule has 1 fully saturated rings. The Hall–Kier alpha value is -2.86. The molecule has 1 atom stereocenters. The van der Waals surface area contributed by atoms with Gasteiger partial charge in [0.15, 0.2) is 0 Å². The number of nitrogens with one attached hydrogen (secondary N) is 2. The summed E-state index contributed by atoms with van der Waals surface area (Å²) in [5.41, 5.74) is 3.57. The third-order valence-electron chi connectivity index (χ3n) is 4.61. The van der Waals surface area contributed by atoms with Gasteiger partial charge in [-0.1, -0.05) is 18.2 Å². The Morgan fingerprint density at radius 3 is 2.75 bits per heavy atom. The van der Waals surface area contributed by atoms with Crippen molar-refractivity contribution in [1.29, 1.82) is 0 Å². The van der Waals surface area contributed by atoms with Gasteiger partial charge in [-0.05, 0) is 55.7 Å². The van der Waals surface area contributed by atoms with E-state index in [1.54, 1.807) is 6.07 Å². The number of anilines is 2.